The van der Waals surface area contributed by atoms with E-state index in [1.54, 1.807) is 0 Å². The highest BCUT2D eigenvalue weighted by molar-refractivity contribution is 5.67. The molecule has 36 heavy (non-hydrogen) atoms. The van der Waals surface area contributed by atoms with Crippen LogP contribution in [0.2, 0.25) is 0 Å². The van der Waals surface area contributed by atoms with Crippen molar-refractivity contribution >= 4 is 6.09 Å². The van der Waals surface area contributed by atoms with Gasteiger partial charge in [-0.2, -0.15) is 0 Å². The number of nitrogens with one attached hydrogen (secondary N) is 1. The Hall–Kier alpha value is -1.71. The Morgan fingerprint density at radius 1 is 0.833 bits per heavy atom. The second-order valence-corrected chi connectivity index (χ2v) is 9.23. The zero-order valence-electron chi connectivity index (χ0n) is 22.0. The van der Waals surface area contributed by atoms with E-state index in [0.717, 1.165) is 89.9 Å². The van der Waals surface area contributed by atoms with Gasteiger partial charge in [-0.3, -0.25) is 0 Å². The van der Waals surface area contributed by atoms with Gasteiger partial charge in [0.15, 0.2) is 12.6 Å². The van der Waals surface area contributed by atoms with Crippen LogP contribution in [-0.4, -0.2) is 58.2 Å². The van der Waals surface area contributed by atoms with E-state index in [4.69, 9.17) is 29.4 Å². The highest BCUT2D eigenvalue weighted by Crippen LogP contribution is 2.15. The van der Waals surface area contributed by atoms with E-state index >= 15 is 0 Å². The molecule has 2 atom stereocenters. The molecule has 206 valence electrons. The summed E-state index contributed by atoms with van der Waals surface area (Å²) >= 11 is 0. The molecule has 0 radical (unpaired) electrons. The lowest BCUT2D eigenvalue weighted by atomic mass is 10.2. The fourth-order valence-corrected chi connectivity index (χ4v) is 3.91. The van der Waals surface area contributed by atoms with Crippen molar-refractivity contribution in [1.82, 2.24) is 5.32 Å². The van der Waals surface area contributed by atoms with Crippen molar-refractivity contribution in [1.29, 1.82) is 0 Å². The van der Waals surface area contributed by atoms with Crippen molar-refractivity contribution < 1.29 is 28.5 Å². The summed E-state index contributed by atoms with van der Waals surface area (Å²) < 4.78 is 27.3. The first-order valence-electron chi connectivity index (χ1n) is 13.9. The molecule has 1 amide bonds. The quantitative estimate of drug-likeness (QED) is 0.311. The van der Waals surface area contributed by atoms with Gasteiger partial charge < -0.3 is 34.7 Å². The van der Waals surface area contributed by atoms with Crippen molar-refractivity contribution in [2.24, 2.45) is 5.73 Å². The monoisotopic (exact) mass is 508 g/mol. The Bertz CT molecular complexity index is 636. The molecular formula is C28H48N2O6. The summed E-state index contributed by atoms with van der Waals surface area (Å²) in [5, 5.41) is 2.77. The van der Waals surface area contributed by atoms with Crippen LogP contribution in [0.15, 0.2) is 30.3 Å². The first-order valence-corrected chi connectivity index (χ1v) is 13.9. The molecule has 0 aliphatic carbocycles. The molecule has 2 aliphatic heterocycles. The standard InChI is InChI=1S/C18H27NO4.C10H21NO2/c20-18(23-15-16-9-3-1-4-10-16)19-12-6-2-7-13-21-17-11-5-8-14-22-17;11-7-3-1-4-8-12-10-6-2-5-9-13-10/h1,3-4,9-10,17H,2,5-8,11-15H2,(H,19,20);10H,1-9,11H2. The Kier molecular flexibility index (Phi) is 18.1. The second kappa shape index (κ2) is 21.4. The molecule has 0 spiro atoms. The number of nitrogens with two attached hydrogens (primary N) is 1. The third kappa shape index (κ3) is 16.1. The van der Waals surface area contributed by atoms with Crippen LogP contribution in [0.1, 0.15) is 82.6 Å². The van der Waals surface area contributed by atoms with E-state index in [2.05, 4.69) is 5.32 Å². The summed E-state index contributed by atoms with van der Waals surface area (Å²) in [6.45, 7) is 4.97. The minimum Gasteiger partial charge on any atom is -0.445 e. The summed E-state index contributed by atoms with van der Waals surface area (Å²) in [4.78, 5) is 11.5. The van der Waals surface area contributed by atoms with Crippen molar-refractivity contribution in [2.75, 3.05) is 39.5 Å². The van der Waals surface area contributed by atoms with Gasteiger partial charge in [0.25, 0.3) is 0 Å². The first-order chi connectivity index (χ1) is 17.8. The number of carbonyl (C=O) groups is 1. The molecule has 3 rings (SSSR count). The van der Waals surface area contributed by atoms with Gasteiger partial charge in [0, 0.05) is 33.0 Å². The lowest BCUT2D eigenvalue weighted by Crippen LogP contribution is -2.25. The highest BCUT2D eigenvalue weighted by atomic mass is 16.7. The van der Waals surface area contributed by atoms with Gasteiger partial charge >= 0.3 is 6.09 Å². The molecular weight excluding hydrogens is 460 g/mol. The topological polar surface area (TPSA) is 101 Å². The lowest BCUT2D eigenvalue weighted by molar-refractivity contribution is -0.163. The minimum absolute atomic E-state index is 0.00478. The van der Waals surface area contributed by atoms with Crippen molar-refractivity contribution in [2.45, 2.75) is 96.2 Å². The van der Waals surface area contributed by atoms with Gasteiger partial charge in [-0.25, -0.2) is 4.79 Å². The van der Waals surface area contributed by atoms with Crippen LogP contribution in [0.25, 0.3) is 0 Å². The molecule has 2 unspecified atom stereocenters. The fourth-order valence-electron chi connectivity index (χ4n) is 3.91. The van der Waals surface area contributed by atoms with Crippen LogP contribution in [-0.2, 0) is 30.3 Å². The van der Waals surface area contributed by atoms with E-state index in [1.165, 1.54) is 25.7 Å². The first kappa shape index (κ1) is 30.5. The molecule has 1 aromatic rings. The molecule has 8 heteroatoms. The normalized spacial score (nSPS) is 19.7. The summed E-state index contributed by atoms with van der Waals surface area (Å²) in [6, 6.07) is 9.66. The van der Waals surface area contributed by atoms with Crippen molar-refractivity contribution in [3.63, 3.8) is 0 Å². The Morgan fingerprint density at radius 3 is 2.00 bits per heavy atom. The van der Waals surface area contributed by atoms with Crippen LogP contribution in [0, 0.1) is 0 Å². The Morgan fingerprint density at radius 2 is 1.44 bits per heavy atom. The summed E-state index contributed by atoms with van der Waals surface area (Å²) in [5.41, 5.74) is 6.38. The number of benzene rings is 1. The molecule has 2 heterocycles. The largest absolute Gasteiger partial charge is 0.445 e. The van der Waals surface area contributed by atoms with Gasteiger partial charge in [0.05, 0.1) is 0 Å². The maximum Gasteiger partial charge on any atom is 0.407 e. The average molecular weight is 509 g/mol. The van der Waals surface area contributed by atoms with Gasteiger partial charge in [0.2, 0.25) is 0 Å². The number of amides is 1. The molecule has 1 aromatic carbocycles. The number of unbranched alkanes of at least 4 members (excludes halogenated alkanes) is 4. The molecule has 2 saturated heterocycles. The molecule has 2 aliphatic rings. The van der Waals surface area contributed by atoms with Crippen molar-refractivity contribution in [3.8, 4) is 0 Å². The third-order valence-corrected chi connectivity index (χ3v) is 6.03. The fraction of sp³-hybridized carbons (Fsp3) is 0.750. The van der Waals surface area contributed by atoms with Crippen LogP contribution in [0.5, 0.6) is 0 Å². The van der Waals surface area contributed by atoms with Gasteiger partial charge in [-0.1, -0.05) is 30.3 Å². The zero-order chi connectivity index (χ0) is 25.5. The maximum absolute atomic E-state index is 11.5. The summed E-state index contributed by atoms with van der Waals surface area (Å²) in [7, 11) is 0. The second-order valence-electron chi connectivity index (χ2n) is 9.23. The molecule has 8 nitrogen and oxygen atoms in total. The summed E-state index contributed by atoms with van der Waals surface area (Å²) in [6.07, 6.45) is 12.9. The maximum atomic E-state index is 11.5. The van der Waals surface area contributed by atoms with Crippen LogP contribution in [0.3, 0.4) is 0 Å². The van der Waals surface area contributed by atoms with E-state index in [9.17, 15) is 4.79 Å². The van der Waals surface area contributed by atoms with E-state index in [1.807, 2.05) is 30.3 Å². The minimum atomic E-state index is -0.360. The average Bonchev–Trinajstić information content (AvgIpc) is 2.93. The number of ether oxygens (including phenoxy) is 5. The number of hydrogen-bond donors (Lipinski definition) is 2. The van der Waals surface area contributed by atoms with E-state index in [0.29, 0.717) is 13.2 Å². The summed E-state index contributed by atoms with van der Waals surface area (Å²) in [5.74, 6) is 0. The van der Waals surface area contributed by atoms with Crippen LogP contribution in [0.4, 0.5) is 4.79 Å². The highest BCUT2D eigenvalue weighted by Gasteiger charge is 2.14. The number of carbonyl (C=O) groups excluding carboxylic acids is 1. The number of hydrogen-bond acceptors (Lipinski definition) is 7. The van der Waals surface area contributed by atoms with Gasteiger partial charge in [0.1, 0.15) is 6.61 Å². The van der Waals surface area contributed by atoms with Crippen molar-refractivity contribution in [3.05, 3.63) is 35.9 Å². The molecule has 0 bridgehead atoms. The van der Waals surface area contributed by atoms with E-state index in [-0.39, 0.29) is 18.7 Å². The van der Waals surface area contributed by atoms with Gasteiger partial charge in [-0.05, 0) is 89.2 Å². The predicted octanol–water partition coefficient (Wildman–Crippen LogP) is 5.28. The Labute approximate surface area is 217 Å². The van der Waals surface area contributed by atoms with Crippen LogP contribution >= 0.6 is 0 Å². The van der Waals surface area contributed by atoms with Crippen LogP contribution < -0.4 is 11.1 Å². The number of rotatable bonds is 15. The predicted molar refractivity (Wildman–Crippen MR) is 140 cm³/mol. The number of alkyl carbamates (subject to hydrolysis) is 1. The van der Waals surface area contributed by atoms with E-state index < -0.39 is 0 Å². The molecule has 3 N–H and O–H groups in total. The SMILES string of the molecule is NCCCCCOC1CCCCO1.O=C(NCCCCCOC1CCCCO1)OCc1ccccc1. The molecule has 0 saturated carbocycles. The smallest absolute Gasteiger partial charge is 0.407 e. The lowest BCUT2D eigenvalue weighted by Gasteiger charge is -2.22. The molecule has 0 aromatic heterocycles. The Balaban J connectivity index is 0.000000297. The van der Waals surface area contributed by atoms with Gasteiger partial charge in [-0.15, -0.1) is 0 Å². The molecule has 2 fully saturated rings. The third-order valence-electron chi connectivity index (χ3n) is 6.03. The zero-order valence-corrected chi connectivity index (χ0v) is 22.0.